The number of para-hydroxylation sites is 1. The fraction of sp³-hybridized carbons (Fsp3) is 0.385. The summed E-state index contributed by atoms with van der Waals surface area (Å²) in [6, 6.07) is 21.1. The molecule has 1 saturated heterocycles. The summed E-state index contributed by atoms with van der Waals surface area (Å²) in [5, 5.41) is 15.9. The van der Waals surface area contributed by atoms with Gasteiger partial charge in [0.25, 0.3) is 5.91 Å². The minimum atomic E-state index is -0.919. The van der Waals surface area contributed by atoms with Gasteiger partial charge < -0.3 is 25.0 Å². The van der Waals surface area contributed by atoms with Crippen LogP contribution in [0.5, 0.6) is 5.75 Å². The average Bonchev–Trinajstić information content (AvgIpc) is 4.09. The molecule has 3 amide bonds. The van der Waals surface area contributed by atoms with Crippen LogP contribution in [0.15, 0.2) is 83.3 Å². The van der Waals surface area contributed by atoms with Crippen molar-refractivity contribution in [2.75, 3.05) is 20.3 Å². The van der Waals surface area contributed by atoms with Gasteiger partial charge in [-0.25, -0.2) is 4.98 Å². The van der Waals surface area contributed by atoms with E-state index in [1.807, 2.05) is 131 Å². The Hall–Kier alpha value is -6.52. The van der Waals surface area contributed by atoms with E-state index in [-0.39, 0.29) is 36.8 Å². The Labute approximate surface area is 405 Å². The molecule has 1 fully saturated rings. The van der Waals surface area contributed by atoms with Gasteiger partial charge in [-0.3, -0.25) is 28.7 Å². The standard InChI is InChI=1S/C52H58N8O6S2/c1-28-23-40(49(63)54-30(3)34-15-21-37(22-16-34)46-31(4)53-27-67-46)59(25-28)50(64)47(52(7,8)9)56-42(61)26-66-41-14-12-11-13-38(41)35-17-19-36(20-18-35)45-44-29(2)32(5)68-51(44)60-33(6)57-58-48(60)39(55-45)24-43(62)65-10/h11-22,27-28,30,39-40,47H,23-26H2,1-10H3,(H,54,63)(H,56,61)/t28-,30+,39+,40+,47?/m1/s1. The summed E-state index contributed by atoms with van der Waals surface area (Å²) < 4.78 is 13.3. The number of carbonyl (C=O) groups excluding carboxylic acids is 4. The maximum absolute atomic E-state index is 14.5. The second-order valence-corrected chi connectivity index (χ2v) is 20.9. The molecule has 8 rings (SSSR count). The molecule has 2 aliphatic rings. The number of methoxy groups -OCH3 is 1. The zero-order valence-corrected chi connectivity index (χ0v) is 41.8. The summed E-state index contributed by atoms with van der Waals surface area (Å²) >= 11 is 3.23. The van der Waals surface area contributed by atoms with Crippen molar-refractivity contribution in [3.05, 3.63) is 123 Å². The Morgan fingerprint density at radius 2 is 1.59 bits per heavy atom. The molecule has 2 aliphatic heterocycles. The van der Waals surface area contributed by atoms with Gasteiger partial charge in [-0.1, -0.05) is 94.4 Å². The second kappa shape index (κ2) is 19.6. The minimum absolute atomic E-state index is 0.00614. The molecule has 6 aromatic rings. The van der Waals surface area contributed by atoms with E-state index >= 15 is 0 Å². The highest BCUT2D eigenvalue weighted by Crippen LogP contribution is 2.40. The minimum Gasteiger partial charge on any atom is -0.483 e. The molecular weight excluding hydrogens is 897 g/mol. The maximum Gasteiger partial charge on any atom is 0.308 e. The second-order valence-electron chi connectivity index (χ2n) is 18.9. The van der Waals surface area contributed by atoms with E-state index < -0.39 is 35.4 Å². The summed E-state index contributed by atoms with van der Waals surface area (Å²) in [6.45, 7) is 17.8. The number of nitrogens with one attached hydrogen (secondary N) is 2. The van der Waals surface area contributed by atoms with E-state index in [2.05, 4.69) is 39.7 Å². The summed E-state index contributed by atoms with van der Waals surface area (Å²) in [5.41, 5.74) is 9.43. The van der Waals surface area contributed by atoms with Crippen LogP contribution in [0, 0.1) is 39.0 Å². The van der Waals surface area contributed by atoms with Gasteiger partial charge in [0, 0.05) is 28.1 Å². The van der Waals surface area contributed by atoms with Crippen LogP contribution in [0.4, 0.5) is 0 Å². The first-order valence-electron chi connectivity index (χ1n) is 22.8. The predicted octanol–water partition coefficient (Wildman–Crippen LogP) is 8.83. The number of aryl methyl sites for hydroxylation is 3. The summed E-state index contributed by atoms with van der Waals surface area (Å²) in [5.74, 6) is 0.482. The lowest BCUT2D eigenvalue weighted by molar-refractivity contribution is -0.144. The van der Waals surface area contributed by atoms with E-state index in [9.17, 15) is 19.2 Å². The number of hydrogen-bond donors (Lipinski definition) is 2. The molecule has 0 bridgehead atoms. The van der Waals surface area contributed by atoms with Crippen LogP contribution < -0.4 is 15.4 Å². The number of fused-ring (bicyclic) bond motifs is 3. The average molecular weight is 955 g/mol. The number of nitrogens with zero attached hydrogens (tertiary/aromatic N) is 6. The lowest BCUT2D eigenvalue weighted by Crippen LogP contribution is -2.58. The van der Waals surface area contributed by atoms with Gasteiger partial charge in [0.2, 0.25) is 11.8 Å². The zero-order valence-electron chi connectivity index (χ0n) is 40.2. The first-order valence-corrected chi connectivity index (χ1v) is 24.5. The fourth-order valence-corrected chi connectivity index (χ4v) is 11.0. The fourth-order valence-electron chi connectivity index (χ4n) is 9.00. The zero-order chi connectivity index (χ0) is 48.6. The molecule has 0 aliphatic carbocycles. The molecule has 68 heavy (non-hydrogen) atoms. The molecule has 0 spiro atoms. The number of carbonyl (C=O) groups is 4. The van der Waals surface area contributed by atoms with Crippen LogP contribution in [0.3, 0.4) is 0 Å². The molecule has 2 N–H and O–H groups in total. The molecule has 3 aromatic heterocycles. The SMILES string of the molecule is COC(=O)C[C@@H]1N=C(c2ccc(-c3ccccc3OCC(=O)NC(C(=O)N3C[C@H](C)C[C@H]3C(=O)N[C@@H](C)c3ccc(-c4scnc4C)cc3)C(C)(C)C)cc2)c2c(sc(C)c2C)-n2c(C)nnc21. The van der Waals surface area contributed by atoms with Gasteiger partial charge in [0.05, 0.1) is 41.4 Å². The van der Waals surface area contributed by atoms with Crippen LogP contribution >= 0.6 is 22.7 Å². The number of likely N-dealkylation sites (tertiary alicyclic amines) is 1. The maximum atomic E-state index is 14.5. The monoisotopic (exact) mass is 954 g/mol. The van der Waals surface area contributed by atoms with E-state index in [1.165, 1.54) is 7.11 Å². The van der Waals surface area contributed by atoms with Gasteiger partial charge in [0.15, 0.2) is 12.4 Å². The number of hydrogen-bond acceptors (Lipinski definition) is 12. The molecular formula is C52H58N8O6S2. The van der Waals surface area contributed by atoms with E-state index in [0.29, 0.717) is 30.4 Å². The van der Waals surface area contributed by atoms with Crippen LogP contribution in [-0.4, -0.2) is 86.4 Å². The number of rotatable bonds is 13. The Bertz CT molecular complexity index is 2890. The molecule has 0 saturated carbocycles. The number of aliphatic imine (C=N–C) groups is 1. The quantitative estimate of drug-likeness (QED) is 0.107. The van der Waals surface area contributed by atoms with Crippen LogP contribution in [0.25, 0.3) is 26.6 Å². The van der Waals surface area contributed by atoms with Crippen molar-refractivity contribution in [2.24, 2.45) is 16.3 Å². The first-order chi connectivity index (χ1) is 32.4. The third-order valence-electron chi connectivity index (χ3n) is 12.8. The molecule has 3 aromatic carbocycles. The van der Waals surface area contributed by atoms with Gasteiger partial charge in [0.1, 0.15) is 34.7 Å². The normalized spacial score (nSPS) is 17.6. The van der Waals surface area contributed by atoms with E-state index in [1.54, 1.807) is 27.6 Å². The van der Waals surface area contributed by atoms with E-state index in [4.69, 9.17) is 14.5 Å². The molecule has 0 radical (unpaired) electrons. The number of esters is 1. The smallest absolute Gasteiger partial charge is 0.308 e. The lowest BCUT2D eigenvalue weighted by atomic mass is 9.85. The third kappa shape index (κ3) is 9.74. The molecule has 14 nitrogen and oxygen atoms in total. The molecule has 5 heterocycles. The van der Waals surface area contributed by atoms with Crippen LogP contribution in [0.2, 0.25) is 0 Å². The summed E-state index contributed by atoms with van der Waals surface area (Å²) in [7, 11) is 1.36. The van der Waals surface area contributed by atoms with Crippen LogP contribution in [0.1, 0.15) is 104 Å². The Kier molecular flexibility index (Phi) is 13.8. The highest BCUT2D eigenvalue weighted by Gasteiger charge is 2.44. The number of ether oxygens (including phenoxy) is 2. The van der Waals surface area contributed by atoms with E-state index in [0.717, 1.165) is 65.1 Å². The van der Waals surface area contributed by atoms with Gasteiger partial charge >= 0.3 is 5.97 Å². The molecule has 354 valence electrons. The van der Waals surface area contributed by atoms with Crippen molar-refractivity contribution in [2.45, 2.75) is 99.3 Å². The van der Waals surface area contributed by atoms with Gasteiger partial charge in [-0.15, -0.1) is 32.9 Å². The topological polar surface area (TPSA) is 170 Å². The van der Waals surface area contributed by atoms with Crippen molar-refractivity contribution >= 4 is 52.1 Å². The summed E-state index contributed by atoms with van der Waals surface area (Å²) in [6.07, 6.45) is 0.521. The van der Waals surface area contributed by atoms with Crippen molar-refractivity contribution < 1.29 is 28.7 Å². The number of benzene rings is 3. The predicted molar refractivity (Wildman–Crippen MR) is 265 cm³/mol. The Balaban J connectivity index is 0.956. The molecule has 16 heteroatoms. The van der Waals surface area contributed by atoms with Crippen molar-refractivity contribution in [1.82, 2.24) is 35.3 Å². The number of thiophene rings is 1. The van der Waals surface area contributed by atoms with Gasteiger partial charge in [-0.2, -0.15) is 0 Å². The van der Waals surface area contributed by atoms with Crippen molar-refractivity contribution in [3.63, 3.8) is 0 Å². The third-order valence-corrected chi connectivity index (χ3v) is 15.0. The number of thiazole rings is 1. The van der Waals surface area contributed by atoms with Gasteiger partial charge in [-0.05, 0) is 80.7 Å². The highest BCUT2D eigenvalue weighted by atomic mass is 32.1. The summed E-state index contributed by atoms with van der Waals surface area (Å²) in [4.78, 5) is 68.2. The lowest BCUT2D eigenvalue weighted by Gasteiger charge is -2.35. The molecule has 5 atom stereocenters. The number of amides is 3. The largest absolute Gasteiger partial charge is 0.483 e. The Morgan fingerprint density at radius 3 is 2.26 bits per heavy atom. The number of aromatic nitrogens is 4. The molecule has 1 unspecified atom stereocenters. The Morgan fingerprint density at radius 1 is 0.897 bits per heavy atom. The highest BCUT2D eigenvalue weighted by molar-refractivity contribution is 7.15. The van der Waals surface area contributed by atoms with Crippen molar-refractivity contribution in [3.8, 4) is 32.3 Å². The van der Waals surface area contributed by atoms with Crippen molar-refractivity contribution in [1.29, 1.82) is 0 Å². The first kappa shape index (κ1) is 48.0. The van der Waals surface area contributed by atoms with Crippen LogP contribution in [-0.2, 0) is 23.9 Å².